The Balaban J connectivity index is 0.00000280. The summed E-state index contributed by atoms with van der Waals surface area (Å²) in [6, 6.07) is 12.2. The average Bonchev–Trinajstić information content (AvgIpc) is 3.19. The number of halogens is 3. The van der Waals surface area contributed by atoms with Gasteiger partial charge in [0.1, 0.15) is 0 Å². The maximum absolute atomic E-state index is 13.0. The minimum Gasteiger partial charge on any atom is -0.314 e. The lowest BCUT2D eigenvalue weighted by Crippen LogP contribution is -2.39. The zero-order valence-corrected chi connectivity index (χ0v) is 17.9. The van der Waals surface area contributed by atoms with Crippen molar-refractivity contribution in [3.63, 3.8) is 0 Å². The Morgan fingerprint density at radius 1 is 1.07 bits per heavy atom. The maximum Gasteiger partial charge on any atom is 0.240 e. The average molecular weight is 442 g/mol. The molecule has 1 saturated carbocycles. The molecule has 1 N–H and O–H groups in total. The van der Waals surface area contributed by atoms with Crippen LogP contribution in [0.1, 0.15) is 41.6 Å². The predicted molar refractivity (Wildman–Crippen MR) is 117 cm³/mol. The summed E-state index contributed by atoms with van der Waals surface area (Å²) in [7, 11) is 1.67. The molecule has 2 aromatic rings. The van der Waals surface area contributed by atoms with Gasteiger partial charge in [-0.2, -0.15) is 0 Å². The number of carbonyl (C=O) groups is 2. The van der Waals surface area contributed by atoms with Crippen LogP contribution in [0.4, 0.5) is 5.69 Å². The van der Waals surface area contributed by atoms with Gasteiger partial charge in [-0.25, -0.2) is 0 Å². The molecule has 0 radical (unpaired) electrons. The normalized spacial score (nSPS) is 13.8. The van der Waals surface area contributed by atoms with E-state index < -0.39 is 0 Å². The lowest BCUT2D eigenvalue weighted by Gasteiger charge is -2.22. The lowest BCUT2D eigenvalue weighted by atomic mass is 10.0. The van der Waals surface area contributed by atoms with E-state index >= 15 is 0 Å². The summed E-state index contributed by atoms with van der Waals surface area (Å²) in [5.41, 5.74) is 1.25. The molecule has 0 bridgehead atoms. The van der Waals surface area contributed by atoms with Gasteiger partial charge < -0.3 is 10.2 Å². The molecule has 1 amide bonds. The van der Waals surface area contributed by atoms with Gasteiger partial charge >= 0.3 is 0 Å². The number of hydrogen-bond donors (Lipinski definition) is 1. The van der Waals surface area contributed by atoms with Crippen LogP contribution in [-0.4, -0.2) is 31.3 Å². The second-order valence-corrected chi connectivity index (χ2v) is 7.63. The van der Waals surface area contributed by atoms with Crippen molar-refractivity contribution in [3.05, 3.63) is 63.6 Å². The number of ketones is 1. The summed E-state index contributed by atoms with van der Waals surface area (Å²) in [4.78, 5) is 27.2. The highest BCUT2D eigenvalue weighted by Gasteiger charge is 2.22. The molecule has 4 nitrogen and oxygen atoms in total. The molecule has 0 aromatic heterocycles. The molecule has 0 unspecified atom stereocenters. The molecule has 0 aliphatic heterocycles. The van der Waals surface area contributed by atoms with E-state index in [1.807, 2.05) is 0 Å². The molecule has 0 heterocycles. The second-order valence-electron chi connectivity index (χ2n) is 6.79. The third kappa shape index (κ3) is 5.26. The molecule has 150 valence electrons. The van der Waals surface area contributed by atoms with Crippen molar-refractivity contribution in [2.24, 2.45) is 0 Å². The predicted octanol–water partition coefficient (Wildman–Crippen LogP) is 5.14. The topological polar surface area (TPSA) is 49.4 Å². The van der Waals surface area contributed by atoms with Gasteiger partial charge in [-0.05, 0) is 43.2 Å². The van der Waals surface area contributed by atoms with Crippen molar-refractivity contribution < 1.29 is 9.59 Å². The first-order chi connectivity index (χ1) is 13.0. The maximum atomic E-state index is 13.0. The highest BCUT2D eigenvalue weighted by Crippen LogP contribution is 2.28. The molecular formula is C21H23Cl3N2O2. The second kappa shape index (κ2) is 10.3. The number of amides is 1. The number of rotatable bonds is 6. The van der Waals surface area contributed by atoms with Gasteiger partial charge in [0.2, 0.25) is 5.91 Å². The van der Waals surface area contributed by atoms with Crippen molar-refractivity contribution >= 4 is 53.0 Å². The van der Waals surface area contributed by atoms with E-state index in [9.17, 15) is 9.59 Å². The third-order valence-corrected chi connectivity index (χ3v) is 5.52. The molecule has 1 aliphatic rings. The number of carbonyl (C=O) groups excluding carboxylic acids is 2. The Bertz CT molecular complexity index is 851. The Morgan fingerprint density at radius 2 is 1.75 bits per heavy atom. The van der Waals surface area contributed by atoms with Crippen molar-refractivity contribution in [1.82, 2.24) is 5.32 Å². The van der Waals surface area contributed by atoms with Crippen LogP contribution in [0.5, 0.6) is 0 Å². The molecular weight excluding hydrogens is 419 g/mol. The van der Waals surface area contributed by atoms with Crippen molar-refractivity contribution in [2.75, 3.05) is 18.5 Å². The zero-order valence-electron chi connectivity index (χ0n) is 15.6. The summed E-state index contributed by atoms with van der Waals surface area (Å²) in [6.07, 6.45) is 4.62. The van der Waals surface area contributed by atoms with Gasteiger partial charge in [0, 0.05) is 29.2 Å². The highest BCUT2D eigenvalue weighted by atomic mass is 35.5. The Kier molecular flexibility index (Phi) is 8.32. The molecule has 28 heavy (non-hydrogen) atoms. The first kappa shape index (κ1) is 22.7. The quantitative estimate of drug-likeness (QED) is 0.631. The van der Waals surface area contributed by atoms with Crippen LogP contribution < -0.4 is 10.2 Å². The van der Waals surface area contributed by atoms with E-state index in [4.69, 9.17) is 23.2 Å². The number of hydrogen-bond acceptors (Lipinski definition) is 3. The first-order valence-electron chi connectivity index (χ1n) is 9.06. The standard InChI is InChI=1S/C21H22Cl2N2O2.ClH/c1-25(20(26)13-24-15-6-2-3-7-15)19-11-10-14(22)12-17(19)21(27)16-8-4-5-9-18(16)23;/h4-5,8-12,15,24H,2-3,6-7,13H2,1H3;1H. The third-order valence-electron chi connectivity index (χ3n) is 4.95. The Hall–Kier alpha value is -1.59. The van der Waals surface area contributed by atoms with Crippen molar-refractivity contribution in [2.45, 2.75) is 31.7 Å². The first-order valence-corrected chi connectivity index (χ1v) is 9.81. The van der Waals surface area contributed by atoms with Crippen molar-refractivity contribution in [1.29, 1.82) is 0 Å². The zero-order chi connectivity index (χ0) is 19.4. The van der Waals surface area contributed by atoms with Crippen LogP contribution in [-0.2, 0) is 4.79 Å². The van der Waals surface area contributed by atoms with E-state index in [1.165, 1.54) is 17.7 Å². The minimum absolute atomic E-state index is 0. The van der Waals surface area contributed by atoms with Crippen LogP contribution >= 0.6 is 35.6 Å². The van der Waals surface area contributed by atoms with E-state index in [1.54, 1.807) is 49.5 Å². The number of benzene rings is 2. The largest absolute Gasteiger partial charge is 0.314 e. The summed E-state index contributed by atoms with van der Waals surface area (Å²) in [5, 5.41) is 4.11. The van der Waals surface area contributed by atoms with E-state index in [2.05, 4.69) is 5.32 Å². The van der Waals surface area contributed by atoms with E-state index in [-0.39, 0.29) is 30.6 Å². The number of likely N-dealkylation sites (N-methyl/N-ethyl adjacent to an activating group) is 1. The lowest BCUT2D eigenvalue weighted by molar-refractivity contribution is -0.117. The Labute approximate surface area is 181 Å². The molecule has 1 aliphatic carbocycles. The van der Waals surface area contributed by atoms with Crippen molar-refractivity contribution in [3.8, 4) is 0 Å². The molecule has 7 heteroatoms. The minimum atomic E-state index is -0.262. The fourth-order valence-electron chi connectivity index (χ4n) is 3.39. The molecule has 3 rings (SSSR count). The van der Waals surface area contributed by atoms with Gasteiger partial charge in [0.05, 0.1) is 17.3 Å². The molecule has 0 saturated heterocycles. The molecule has 0 atom stereocenters. The molecule has 0 spiro atoms. The van der Waals surface area contributed by atoms with Crippen LogP contribution in [0, 0.1) is 0 Å². The van der Waals surface area contributed by atoms with Crippen LogP contribution in [0.3, 0.4) is 0 Å². The number of nitrogens with zero attached hydrogens (tertiary/aromatic N) is 1. The smallest absolute Gasteiger partial charge is 0.240 e. The van der Waals surface area contributed by atoms with Gasteiger partial charge in [-0.15, -0.1) is 12.4 Å². The summed E-state index contributed by atoms with van der Waals surface area (Å²) >= 11 is 12.3. The molecule has 1 fully saturated rings. The highest BCUT2D eigenvalue weighted by molar-refractivity contribution is 6.36. The van der Waals surface area contributed by atoms with Crippen LogP contribution in [0.25, 0.3) is 0 Å². The number of nitrogens with one attached hydrogen (secondary N) is 1. The monoisotopic (exact) mass is 440 g/mol. The van der Waals surface area contributed by atoms with Gasteiger partial charge in [0.15, 0.2) is 5.78 Å². The van der Waals surface area contributed by atoms with Crippen LogP contribution in [0.15, 0.2) is 42.5 Å². The summed E-state index contributed by atoms with van der Waals surface area (Å²) in [5.74, 6) is -0.362. The van der Waals surface area contributed by atoms with Gasteiger partial charge in [-0.3, -0.25) is 9.59 Å². The van der Waals surface area contributed by atoms with Gasteiger partial charge in [-0.1, -0.05) is 48.2 Å². The van der Waals surface area contributed by atoms with E-state index in [0.29, 0.717) is 32.9 Å². The van der Waals surface area contributed by atoms with E-state index in [0.717, 1.165) is 12.8 Å². The Morgan fingerprint density at radius 3 is 2.43 bits per heavy atom. The summed E-state index contributed by atoms with van der Waals surface area (Å²) < 4.78 is 0. The fraction of sp³-hybridized carbons (Fsp3) is 0.333. The number of anilines is 1. The fourth-order valence-corrected chi connectivity index (χ4v) is 3.78. The van der Waals surface area contributed by atoms with Gasteiger partial charge in [0.25, 0.3) is 0 Å². The summed E-state index contributed by atoms with van der Waals surface area (Å²) in [6.45, 7) is 0.240. The SMILES string of the molecule is CN(C(=O)CNC1CCCC1)c1ccc(Cl)cc1C(=O)c1ccccc1Cl.Cl. The molecule has 2 aromatic carbocycles. The van der Waals surface area contributed by atoms with Crippen LogP contribution in [0.2, 0.25) is 10.0 Å².